The van der Waals surface area contributed by atoms with Crippen molar-refractivity contribution in [2.24, 2.45) is 13.0 Å². The summed E-state index contributed by atoms with van der Waals surface area (Å²) in [5.41, 5.74) is 0.631. The van der Waals surface area contributed by atoms with Crippen LogP contribution in [0.4, 0.5) is 0 Å². The number of rotatable bonds is 3. The van der Waals surface area contributed by atoms with E-state index in [0.717, 1.165) is 18.5 Å². The van der Waals surface area contributed by atoms with Crippen molar-refractivity contribution in [3.05, 3.63) is 18.0 Å². The molecule has 102 valence electrons. The Labute approximate surface area is 110 Å². The molecule has 0 aromatic carbocycles. The molecule has 1 saturated carbocycles. The van der Waals surface area contributed by atoms with Crippen molar-refractivity contribution >= 4 is 0 Å². The highest BCUT2D eigenvalue weighted by molar-refractivity contribution is 5.12. The number of nitrogens with zero attached hydrogens (tertiary/aromatic N) is 3. The summed E-state index contributed by atoms with van der Waals surface area (Å²) in [5.74, 6) is 0.666. The summed E-state index contributed by atoms with van der Waals surface area (Å²) in [6, 6.07) is 1.93. The molecule has 1 fully saturated rings. The van der Waals surface area contributed by atoms with Crippen molar-refractivity contribution in [3.8, 4) is 0 Å². The smallest absolute Gasteiger partial charge is 0.116 e. The molecule has 1 N–H and O–H groups in total. The minimum absolute atomic E-state index is 0.161. The van der Waals surface area contributed by atoms with E-state index in [9.17, 15) is 5.11 Å². The number of hydrogen-bond donors (Lipinski definition) is 1. The zero-order valence-electron chi connectivity index (χ0n) is 11.9. The Morgan fingerprint density at radius 2 is 2.28 bits per heavy atom. The van der Waals surface area contributed by atoms with E-state index in [-0.39, 0.29) is 5.54 Å². The number of aliphatic hydroxyl groups is 1. The van der Waals surface area contributed by atoms with Crippen LogP contribution in [0, 0.1) is 5.92 Å². The van der Waals surface area contributed by atoms with Gasteiger partial charge in [0, 0.05) is 13.2 Å². The van der Waals surface area contributed by atoms with Crippen molar-refractivity contribution in [1.82, 2.24) is 14.7 Å². The van der Waals surface area contributed by atoms with Crippen molar-refractivity contribution in [2.75, 3.05) is 14.1 Å². The van der Waals surface area contributed by atoms with Crippen LogP contribution in [0.15, 0.2) is 12.3 Å². The number of aliphatic hydroxyl groups excluding tert-OH is 1. The van der Waals surface area contributed by atoms with E-state index in [1.54, 1.807) is 4.68 Å². The number of aryl methyl sites for hydroxylation is 1. The van der Waals surface area contributed by atoms with Gasteiger partial charge in [-0.2, -0.15) is 5.10 Å². The van der Waals surface area contributed by atoms with Gasteiger partial charge in [0.15, 0.2) is 0 Å². The van der Waals surface area contributed by atoms with E-state index in [0.29, 0.717) is 5.92 Å². The molecule has 1 heterocycles. The molecule has 0 amide bonds. The summed E-state index contributed by atoms with van der Waals surface area (Å²) in [5, 5.41) is 15.2. The summed E-state index contributed by atoms with van der Waals surface area (Å²) in [6.45, 7) is 2.28. The van der Waals surface area contributed by atoms with Gasteiger partial charge in [-0.15, -0.1) is 0 Å². The largest absolute Gasteiger partial charge is 0.385 e. The minimum atomic E-state index is -0.503. The second-order valence-corrected chi connectivity index (χ2v) is 6.02. The molecule has 3 unspecified atom stereocenters. The molecule has 18 heavy (non-hydrogen) atoms. The summed E-state index contributed by atoms with van der Waals surface area (Å²) < 4.78 is 1.76. The number of aromatic nitrogens is 2. The van der Waals surface area contributed by atoms with Gasteiger partial charge in [0.05, 0.1) is 11.2 Å². The van der Waals surface area contributed by atoms with Crippen molar-refractivity contribution < 1.29 is 5.11 Å². The summed E-state index contributed by atoms with van der Waals surface area (Å²) in [4.78, 5) is 2.20. The molecular weight excluding hydrogens is 226 g/mol. The van der Waals surface area contributed by atoms with Crippen molar-refractivity contribution in [3.63, 3.8) is 0 Å². The predicted molar refractivity (Wildman–Crippen MR) is 72.2 cm³/mol. The van der Waals surface area contributed by atoms with Gasteiger partial charge in [-0.1, -0.05) is 19.8 Å². The standard InChI is InChI=1S/C14H25N3O/c1-11-6-5-8-14(10-11,16(2)3)13(18)12-7-9-17(4)15-12/h7,9,11,13,18H,5-6,8,10H2,1-4H3. The minimum Gasteiger partial charge on any atom is -0.385 e. The van der Waals surface area contributed by atoms with Gasteiger partial charge in [-0.05, 0) is 38.9 Å². The van der Waals surface area contributed by atoms with E-state index >= 15 is 0 Å². The molecule has 0 radical (unpaired) electrons. The average molecular weight is 251 g/mol. The van der Waals surface area contributed by atoms with Gasteiger partial charge in [0.1, 0.15) is 6.10 Å². The molecule has 3 atom stereocenters. The Kier molecular flexibility index (Phi) is 3.78. The first-order valence-electron chi connectivity index (χ1n) is 6.81. The van der Waals surface area contributed by atoms with Crippen LogP contribution in [0.3, 0.4) is 0 Å². The normalized spacial score (nSPS) is 30.7. The highest BCUT2D eigenvalue weighted by Crippen LogP contribution is 2.43. The third kappa shape index (κ3) is 2.31. The lowest BCUT2D eigenvalue weighted by Gasteiger charge is -2.47. The second-order valence-electron chi connectivity index (χ2n) is 6.02. The number of hydrogen-bond acceptors (Lipinski definition) is 3. The third-order valence-corrected chi connectivity index (χ3v) is 4.42. The van der Waals surface area contributed by atoms with Crippen molar-refractivity contribution in [1.29, 1.82) is 0 Å². The Bertz CT molecular complexity index is 401. The highest BCUT2D eigenvalue weighted by Gasteiger charge is 2.44. The molecule has 4 heteroatoms. The van der Waals surface area contributed by atoms with Crippen molar-refractivity contribution in [2.45, 2.75) is 44.2 Å². The first-order chi connectivity index (χ1) is 8.45. The Morgan fingerprint density at radius 1 is 1.56 bits per heavy atom. The van der Waals surface area contributed by atoms with Gasteiger partial charge >= 0.3 is 0 Å². The van der Waals surface area contributed by atoms with Crippen LogP contribution in [0.2, 0.25) is 0 Å². The summed E-state index contributed by atoms with van der Waals surface area (Å²) >= 11 is 0. The Morgan fingerprint density at radius 3 is 2.78 bits per heavy atom. The van der Waals surface area contributed by atoms with Gasteiger partial charge in [-0.25, -0.2) is 0 Å². The van der Waals surface area contributed by atoms with Crippen LogP contribution >= 0.6 is 0 Å². The van der Waals surface area contributed by atoms with Gasteiger partial charge in [0.2, 0.25) is 0 Å². The van der Waals surface area contributed by atoms with E-state index in [4.69, 9.17) is 0 Å². The van der Waals surface area contributed by atoms with Gasteiger partial charge in [0.25, 0.3) is 0 Å². The fourth-order valence-corrected chi connectivity index (χ4v) is 3.32. The quantitative estimate of drug-likeness (QED) is 0.893. The first kappa shape index (κ1) is 13.6. The zero-order valence-corrected chi connectivity index (χ0v) is 11.9. The van der Waals surface area contributed by atoms with Gasteiger partial charge in [-0.3, -0.25) is 4.68 Å². The van der Waals surface area contributed by atoms with Crippen LogP contribution < -0.4 is 0 Å². The summed E-state index contributed by atoms with van der Waals surface area (Å²) in [6.07, 6.45) is 5.93. The van der Waals surface area contributed by atoms with E-state index in [1.165, 1.54) is 12.8 Å². The molecular formula is C14H25N3O. The molecule has 1 aromatic heterocycles. The highest BCUT2D eigenvalue weighted by atomic mass is 16.3. The Hall–Kier alpha value is -0.870. The fraction of sp³-hybridized carbons (Fsp3) is 0.786. The third-order valence-electron chi connectivity index (χ3n) is 4.42. The maximum Gasteiger partial charge on any atom is 0.116 e. The lowest BCUT2D eigenvalue weighted by Crippen LogP contribution is -2.52. The molecule has 0 aliphatic heterocycles. The molecule has 4 nitrogen and oxygen atoms in total. The maximum atomic E-state index is 10.8. The maximum absolute atomic E-state index is 10.8. The molecule has 1 aromatic rings. The van der Waals surface area contributed by atoms with Crippen LogP contribution in [0.5, 0.6) is 0 Å². The summed E-state index contributed by atoms with van der Waals surface area (Å²) in [7, 11) is 6.04. The molecule has 2 rings (SSSR count). The lowest BCUT2D eigenvalue weighted by molar-refractivity contribution is -0.0473. The first-order valence-corrected chi connectivity index (χ1v) is 6.81. The van der Waals surface area contributed by atoms with Crippen LogP contribution in [0.1, 0.15) is 44.4 Å². The Balaban J connectivity index is 2.29. The van der Waals surface area contributed by atoms with E-state index < -0.39 is 6.10 Å². The monoisotopic (exact) mass is 251 g/mol. The average Bonchev–Trinajstić information content (AvgIpc) is 2.74. The second kappa shape index (κ2) is 5.02. The zero-order chi connectivity index (χ0) is 13.3. The SMILES string of the molecule is CC1CCCC(C(O)c2ccn(C)n2)(N(C)C)C1. The predicted octanol–water partition coefficient (Wildman–Crippen LogP) is 1.96. The van der Waals surface area contributed by atoms with Crippen LogP contribution in [-0.4, -0.2) is 39.4 Å². The van der Waals surface area contributed by atoms with E-state index in [2.05, 4.69) is 31.0 Å². The van der Waals surface area contributed by atoms with Crippen LogP contribution in [-0.2, 0) is 7.05 Å². The molecule has 1 aliphatic rings. The molecule has 0 spiro atoms. The number of likely N-dealkylation sites (N-methyl/N-ethyl adjacent to an activating group) is 1. The molecule has 0 saturated heterocycles. The van der Waals surface area contributed by atoms with E-state index in [1.807, 2.05) is 19.3 Å². The van der Waals surface area contributed by atoms with Crippen LogP contribution in [0.25, 0.3) is 0 Å². The van der Waals surface area contributed by atoms with Gasteiger partial charge < -0.3 is 10.0 Å². The lowest BCUT2D eigenvalue weighted by atomic mass is 9.71. The molecule has 0 bridgehead atoms. The topological polar surface area (TPSA) is 41.3 Å². The fourth-order valence-electron chi connectivity index (χ4n) is 3.32. The molecule has 1 aliphatic carbocycles.